The number of nitro benzene ring substituents is 1. The van der Waals surface area contributed by atoms with E-state index >= 15 is 0 Å². The highest BCUT2D eigenvalue weighted by molar-refractivity contribution is 9.10. The van der Waals surface area contributed by atoms with Gasteiger partial charge < -0.3 is 9.47 Å². The maximum atomic E-state index is 12.1. The Kier molecular flexibility index (Phi) is 9.15. The number of hydrogen-bond acceptors (Lipinski definition) is 9. The molecule has 0 bridgehead atoms. The van der Waals surface area contributed by atoms with Crippen LogP contribution in [0.2, 0.25) is 0 Å². The van der Waals surface area contributed by atoms with Gasteiger partial charge in [0.1, 0.15) is 6.61 Å². The van der Waals surface area contributed by atoms with Crippen LogP contribution in [0, 0.1) is 24.0 Å². The highest BCUT2D eigenvalue weighted by atomic mass is 79.9. The zero-order chi connectivity index (χ0) is 25.4. The van der Waals surface area contributed by atoms with Gasteiger partial charge in [0, 0.05) is 23.5 Å². The van der Waals surface area contributed by atoms with Crippen molar-refractivity contribution in [3.8, 4) is 11.5 Å². The summed E-state index contributed by atoms with van der Waals surface area (Å²) in [5.74, 6) is 0.763. The minimum atomic E-state index is -0.453. The zero-order valence-corrected chi connectivity index (χ0v) is 21.6. The fourth-order valence-electron chi connectivity index (χ4n) is 2.92. The van der Waals surface area contributed by atoms with Crippen molar-refractivity contribution >= 4 is 45.5 Å². The molecule has 1 amide bonds. The van der Waals surface area contributed by atoms with Gasteiger partial charge in [-0.25, -0.2) is 15.4 Å². The van der Waals surface area contributed by atoms with Gasteiger partial charge >= 0.3 is 0 Å². The summed E-state index contributed by atoms with van der Waals surface area (Å²) in [6.45, 7) is 3.95. The summed E-state index contributed by atoms with van der Waals surface area (Å²) in [5, 5.41) is 15.3. The first-order chi connectivity index (χ1) is 16.7. The Hall–Kier alpha value is -3.51. The van der Waals surface area contributed by atoms with Crippen molar-refractivity contribution in [2.45, 2.75) is 25.6 Å². The van der Waals surface area contributed by atoms with Crippen LogP contribution in [-0.2, 0) is 11.4 Å². The molecule has 0 atom stereocenters. The number of methoxy groups -OCH3 is 1. The van der Waals surface area contributed by atoms with E-state index in [9.17, 15) is 14.9 Å². The van der Waals surface area contributed by atoms with Gasteiger partial charge in [0.2, 0.25) is 0 Å². The molecule has 182 valence electrons. The minimum absolute atomic E-state index is 0.0143. The Balaban J connectivity index is 1.58. The molecular weight excluding hydrogens is 538 g/mol. The maximum absolute atomic E-state index is 12.1. The van der Waals surface area contributed by atoms with Crippen molar-refractivity contribution < 1.29 is 19.2 Å². The van der Waals surface area contributed by atoms with E-state index in [1.54, 1.807) is 24.3 Å². The Morgan fingerprint density at radius 1 is 1.20 bits per heavy atom. The molecule has 0 spiro atoms. The summed E-state index contributed by atoms with van der Waals surface area (Å²) in [6, 6.07) is 11.5. The Bertz CT molecular complexity index is 1230. The lowest BCUT2D eigenvalue weighted by atomic mass is 10.2. The van der Waals surface area contributed by atoms with Gasteiger partial charge in [-0.1, -0.05) is 11.8 Å². The van der Waals surface area contributed by atoms with Crippen molar-refractivity contribution in [2.24, 2.45) is 5.10 Å². The highest BCUT2D eigenvalue weighted by Gasteiger charge is 2.13. The monoisotopic (exact) mass is 559 g/mol. The number of halogens is 1. The van der Waals surface area contributed by atoms with Crippen LogP contribution in [0.15, 0.2) is 57.2 Å². The Morgan fingerprint density at radius 2 is 1.89 bits per heavy atom. The number of aryl methyl sites for hydroxylation is 2. The number of thioether (sulfide) groups is 1. The lowest BCUT2D eigenvalue weighted by molar-refractivity contribution is -0.384. The van der Waals surface area contributed by atoms with Crippen LogP contribution in [0.5, 0.6) is 11.5 Å². The molecule has 12 heteroatoms. The molecule has 0 radical (unpaired) electrons. The van der Waals surface area contributed by atoms with E-state index < -0.39 is 4.92 Å². The third-order valence-corrected chi connectivity index (χ3v) is 5.92. The molecule has 1 N–H and O–H groups in total. The summed E-state index contributed by atoms with van der Waals surface area (Å²) < 4.78 is 11.9. The van der Waals surface area contributed by atoms with Crippen LogP contribution in [0.25, 0.3) is 0 Å². The predicted octanol–water partition coefficient (Wildman–Crippen LogP) is 4.59. The van der Waals surface area contributed by atoms with Crippen LogP contribution >= 0.6 is 27.7 Å². The summed E-state index contributed by atoms with van der Waals surface area (Å²) in [7, 11) is 1.51. The molecule has 0 aliphatic rings. The van der Waals surface area contributed by atoms with Crippen molar-refractivity contribution in [2.75, 3.05) is 12.9 Å². The fourth-order valence-corrected chi connectivity index (χ4v) is 4.24. The number of aromatic nitrogens is 2. The Labute approximate surface area is 214 Å². The van der Waals surface area contributed by atoms with E-state index in [0.29, 0.717) is 26.7 Å². The lowest BCUT2D eigenvalue weighted by Gasteiger charge is -2.13. The van der Waals surface area contributed by atoms with E-state index in [0.717, 1.165) is 17.0 Å². The van der Waals surface area contributed by atoms with Gasteiger partial charge in [-0.3, -0.25) is 14.9 Å². The van der Waals surface area contributed by atoms with Crippen molar-refractivity contribution in [1.29, 1.82) is 0 Å². The smallest absolute Gasteiger partial charge is 0.269 e. The Morgan fingerprint density at radius 3 is 2.51 bits per heavy atom. The van der Waals surface area contributed by atoms with Gasteiger partial charge in [0.25, 0.3) is 11.6 Å². The van der Waals surface area contributed by atoms with Gasteiger partial charge in [-0.15, -0.1) is 0 Å². The second-order valence-corrected chi connectivity index (χ2v) is 9.06. The van der Waals surface area contributed by atoms with E-state index in [-0.39, 0.29) is 24.0 Å². The van der Waals surface area contributed by atoms with Crippen LogP contribution in [0.1, 0.15) is 22.5 Å². The standard InChI is InChI=1S/C23H22BrN5O5S/c1-14-8-15(2)27-23(26-14)35-13-21(30)28-25-11-17-9-19(24)22(20(10-17)33-3)34-12-16-4-6-18(7-5-16)29(31)32/h4-11H,12-13H2,1-3H3,(H,28,30)/b25-11+. The molecule has 1 aromatic heterocycles. The zero-order valence-electron chi connectivity index (χ0n) is 19.1. The van der Waals surface area contributed by atoms with Crippen LogP contribution in [0.3, 0.4) is 0 Å². The van der Waals surface area contributed by atoms with E-state index in [1.807, 2.05) is 19.9 Å². The van der Waals surface area contributed by atoms with E-state index in [1.165, 1.54) is 37.2 Å². The number of carbonyl (C=O) groups excluding carboxylic acids is 1. The molecule has 0 saturated heterocycles. The molecule has 0 aliphatic heterocycles. The fraction of sp³-hybridized carbons (Fsp3) is 0.217. The van der Waals surface area contributed by atoms with Gasteiger partial charge in [0.05, 0.1) is 28.5 Å². The molecule has 0 saturated carbocycles. The van der Waals surface area contributed by atoms with E-state index in [2.05, 4.69) is 36.4 Å². The molecule has 0 fully saturated rings. The molecule has 1 heterocycles. The first kappa shape index (κ1) is 26.1. The third-order valence-electron chi connectivity index (χ3n) is 4.48. The second-order valence-electron chi connectivity index (χ2n) is 7.26. The van der Waals surface area contributed by atoms with Crippen molar-refractivity contribution in [3.05, 3.63) is 79.6 Å². The number of nitrogens with one attached hydrogen (secondary N) is 1. The topological polar surface area (TPSA) is 129 Å². The molecule has 10 nitrogen and oxygen atoms in total. The number of ether oxygens (including phenoxy) is 2. The summed E-state index contributed by atoms with van der Waals surface area (Å²) in [6.07, 6.45) is 1.49. The number of hydrogen-bond donors (Lipinski definition) is 1. The molecular formula is C23H22BrN5O5S. The molecule has 2 aromatic carbocycles. The number of carbonyl (C=O) groups is 1. The van der Waals surface area contributed by atoms with Crippen molar-refractivity contribution in [3.63, 3.8) is 0 Å². The molecule has 3 rings (SSSR count). The number of nitro groups is 1. The average Bonchev–Trinajstić information content (AvgIpc) is 2.81. The average molecular weight is 560 g/mol. The first-order valence-electron chi connectivity index (χ1n) is 10.3. The normalized spacial score (nSPS) is 10.9. The number of nitrogens with zero attached hydrogens (tertiary/aromatic N) is 4. The summed E-state index contributed by atoms with van der Waals surface area (Å²) in [4.78, 5) is 31.0. The van der Waals surface area contributed by atoms with E-state index in [4.69, 9.17) is 9.47 Å². The SMILES string of the molecule is COc1cc(/C=N/NC(=O)CSc2nc(C)cc(C)n2)cc(Br)c1OCc1ccc([N+](=O)[O-])cc1. The number of hydrazone groups is 1. The van der Waals surface area contributed by atoms with Crippen LogP contribution in [-0.4, -0.2) is 39.9 Å². The third kappa shape index (κ3) is 7.76. The minimum Gasteiger partial charge on any atom is -0.493 e. The summed E-state index contributed by atoms with van der Waals surface area (Å²) >= 11 is 4.70. The second kappa shape index (κ2) is 12.3. The predicted molar refractivity (Wildman–Crippen MR) is 136 cm³/mol. The largest absolute Gasteiger partial charge is 0.493 e. The summed E-state index contributed by atoms with van der Waals surface area (Å²) in [5.41, 5.74) is 5.62. The van der Waals surface area contributed by atoms with Gasteiger partial charge in [-0.05, 0) is 71.2 Å². The maximum Gasteiger partial charge on any atom is 0.269 e. The quantitative estimate of drug-likeness (QED) is 0.125. The number of benzene rings is 2. The number of amides is 1. The lowest BCUT2D eigenvalue weighted by Crippen LogP contribution is -2.19. The molecule has 0 unspecified atom stereocenters. The first-order valence-corrected chi connectivity index (χ1v) is 12.0. The molecule has 3 aromatic rings. The number of rotatable bonds is 10. The van der Waals surface area contributed by atoms with Gasteiger partial charge in [-0.2, -0.15) is 5.10 Å². The van der Waals surface area contributed by atoms with Gasteiger partial charge in [0.15, 0.2) is 16.7 Å². The van der Waals surface area contributed by atoms with Crippen molar-refractivity contribution in [1.82, 2.24) is 15.4 Å². The van der Waals surface area contributed by atoms with Crippen LogP contribution < -0.4 is 14.9 Å². The van der Waals surface area contributed by atoms with Crippen LogP contribution in [0.4, 0.5) is 5.69 Å². The highest BCUT2D eigenvalue weighted by Crippen LogP contribution is 2.37. The number of non-ortho nitro benzene ring substituents is 1. The molecule has 35 heavy (non-hydrogen) atoms. The molecule has 0 aliphatic carbocycles.